The number of hydrogen-bond donors (Lipinski definition) is 1. The standard InChI is InChI=1S/C14H15NO3S2/c1-18-12-6-4-11(5-7-12)14(8-9-14)15-20(16,17)13-3-2-10-19-13/h2-7,10,15H,8-9H2,1H3. The van der Waals surface area contributed by atoms with Gasteiger partial charge in [0.1, 0.15) is 9.96 Å². The Morgan fingerprint density at radius 2 is 1.90 bits per heavy atom. The van der Waals surface area contributed by atoms with Crippen molar-refractivity contribution in [3.63, 3.8) is 0 Å². The lowest BCUT2D eigenvalue weighted by Crippen LogP contribution is -2.34. The topological polar surface area (TPSA) is 55.4 Å². The maximum absolute atomic E-state index is 12.3. The summed E-state index contributed by atoms with van der Waals surface area (Å²) in [6, 6.07) is 10.9. The van der Waals surface area contributed by atoms with Crippen LogP contribution in [0.1, 0.15) is 18.4 Å². The molecule has 1 N–H and O–H groups in total. The zero-order valence-electron chi connectivity index (χ0n) is 11.0. The molecule has 0 saturated heterocycles. The number of ether oxygens (including phenoxy) is 1. The van der Waals surface area contributed by atoms with Gasteiger partial charge in [-0.25, -0.2) is 8.42 Å². The first-order chi connectivity index (χ1) is 9.56. The van der Waals surface area contributed by atoms with Crippen LogP contribution in [0.15, 0.2) is 46.0 Å². The number of sulfonamides is 1. The third kappa shape index (κ3) is 2.46. The van der Waals surface area contributed by atoms with Gasteiger partial charge in [0.2, 0.25) is 0 Å². The summed E-state index contributed by atoms with van der Waals surface area (Å²) in [6.07, 6.45) is 1.65. The fraction of sp³-hybridized carbons (Fsp3) is 0.286. The molecule has 1 aromatic carbocycles. The number of methoxy groups -OCH3 is 1. The number of nitrogens with one attached hydrogen (secondary N) is 1. The lowest BCUT2D eigenvalue weighted by Gasteiger charge is -2.17. The Morgan fingerprint density at radius 1 is 1.20 bits per heavy atom. The third-order valence-electron chi connectivity index (χ3n) is 3.48. The van der Waals surface area contributed by atoms with Gasteiger partial charge in [-0.05, 0) is 42.0 Å². The maximum Gasteiger partial charge on any atom is 0.250 e. The van der Waals surface area contributed by atoms with Gasteiger partial charge in [-0.2, -0.15) is 4.72 Å². The van der Waals surface area contributed by atoms with Crippen LogP contribution in [0, 0.1) is 0 Å². The lowest BCUT2D eigenvalue weighted by molar-refractivity contribution is 0.414. The fourth-order valence-corrected chi connectivity index (χ4v) is 4.65. The van der Waals surface area contributed by atoms with E-state index in [2.05, 4.69) is 4.72 Å². The molecule has 0 bridgehead atoms. The summed E-state index contributed by atoms with van der Waals surface area (Å²) in [5, 5.41) is 1.77. The van der Waals surface area contributed by atoms with Crippen LogP contribution in [0.4, 0.5) is 0 Å². The van der Waals surface area contributed by atoms with Gasteiger partial charge in [-0.15, -0.1) is 11.3 Å². The van der Waals surface area contributed by atoms with E-state index in [1.54, 1.807) is 24.6 Å². The first-order valence-electron chi connectivity index (χ1n) is 6.28. The molecule has 4 nitrogen and oxygen atoms in total. The zero-order chi connectivity index (χ0) is 14.2. The molecular weight excluding hydrogens is 294 g/mol. The van der Waals surface area contributed by atoms with Crippen LogP contribution in [0.3, 0.4) is 0 Å². The van der Waals surface area contributed by atoms with E-state index in [0.29, 0.717) is 4.21 Å². The van der Waals surface area contributed by atoms with Crippen molar-refractivity contribution in [2.24, 2.45) is 0 Å². The summed E-state index contributed by atoms with van der Waals surface area (Å²) in [5.41, 5.74) is 0.535. The highest BCUT2D eigenvalue weighted by molar-refractivity contribution is 7.91. The van der Waals surface area contributed by atoms with E-state index in [1.165, 1.54) is 11.3 Å². The molecule has 0 radical (unpaired) electrons. The number of rotatable bonds is 5. The van der Waals surface area contributed by atoms with Gasteiger partial charge in [-0.3, -0.25) is 0 Å². The molecular formula is C14H15NO3S2. The molecule has 0 unspecified atom stereocenters. The fourth-order valence-electron chi connectivity index (χ4n) is 2.21. The average Bonchev–Trinajstić information content (AvgIpc) is 3.00. The predicted octanol–water partition coefficient (Wildman–Crippen LogP) is 2.72. The van der Waals surface area contributed by atoms with Gasteiger partial charge >= 0.3 is 0 Å². The van der Waals surface area contributed by atoms with Gasteiger partial charge in [0.05, 0.1) is 12.6 Å². The van der Waals surface area contributed by atoms with Crippen molar-refractivity contribution in [3.8, 4) is 5.75 Å². The Bertz CT molecular complexity index is 687. The van der Waals surface area contributed by atoms with Crippen LogP contribution < -0.4 is 9.46 Å². The molecule has 106 valence electrons. The molecule has 1 saturated carbocycles. The zero-order valence-corrected chi connectivity index (χ0v) is 12.6. The van der Waals surface area contributed by atoms with Crippen molar-refractivity contribution in [2.45, 2.75) is 22.6 Å². The van der Waals surface area contributed by atoms with Crippen molar-refractivity contribution >= 4 is 21.4 Å². The molecule has 0 amide bonds. The summed E-state index contributed by atoms with van der Waals surface area (Å²) >= 11 is 1.23. The van der Waals surface area contributed by atoms with Gasteiger partial charge in [0.25, 0.3) is 10.0 Å². The molecule has 20 heavy (non-hydrogen) atoms. The molecule has 1 aliphatic rings. The largest absolute Gasteiger partial charge is 0.497 e. The first-order valence-corrected chi connectivity index (χ1v) is 8.64. The molecule has 0 spiro atoms. The molecule has 0 aliphatic heterocycles. The first kappa shape index (κ1) is 13.6. The van der Waals surface area contributed by atoms with Crippen LogP contribution in [0.25, 0.3) is 0 Å². The number of hydrogen-bond acceptors (Lipinski definition) is 4. The Balaban J connectivity index is 1.86. The minimum absolute atomic E-state index is 0.359. The third-order valence-corrected chi connectivity index (χ3v) is 6.42. The van der Waals surface area contributed by atoms with Gasteiger partial charge in [0, 0.05) is 0 Å². The lowest BCUT2D eigenvalue weighted by atomic mass is 10.1. The minimum Gasteiger partial charge on any atom is -0.497 e. The normalized spacial score (nSPS) is 16.9. The van der Waals surface area contributed by atoms with Crippen LogP contribution in [0.2, 0.25) is 0 Å². The van der Waals surface area contributed by atoms with Gasteiger partial charge in [0.15, 0.2) is 0 Å². The summed E-state index contributed by atoms with van der Waals surface area (Å²) in [4.78, 5) is 0. The summed E-state index contributed by atoms with van der Waals surface area (Å²) in [5.74, 6) is 0.769. The SMILES string of the molecule is COc1ccc(C2(NS(=O)(=O)c3cccs3)CC2)cc1. The molecule has 3 rings (SSSR count). The molecule has 0 atom stereocenters. The van der Waals surface area contributed by atoms with E-state index in [4.69, 9.17) is 4.74 Å². The summed E-state index contributed by atoms with van der Waals surface area (Å²) in [6.45, 7) is 0. The highest BCUT2D eigenvalue weighted by atomic mass is 32.2. The van der Waals surface area contributed by atoms with Gasteiger partial charge < -0.3 is 4.74 Å². The minimum atomic E-state index is -3.44. The smallest absolute Gasteiger partial charge is 0.250 e. The molecule has 2 aromatic rings. The van der Waals surface area contributed by atoms with Crippen molar-refractivity contribution < 1.29 is 13.2 Å². The Morgan fingerprint density at radius 3 is 2.40 bits per heavy atom. The van der Waals surface area contributed by atoms with Gasteiger partial charge in [-0.1, -0.05) is 18.2 Å². The highest BCUT2D eigenvalue weighted by Crippen LogP contribution is 2.47. The van der Waals surface area contributed by atoms with Crippen LogP contribution in [0.5, 0.6) is 5.75 Å². The molecule has 1 heterocycles. The van der Waals surface area contributed by atoms with Crippen molar-refractivity contribution in [3.05, 3.63) is 47.3 Å². The van der Waals surface area contributed by atoms with Crippen molar-refractivity contribution in [1.29, 1.82) is 0 Å². The molecule has 1 fully saturated rings. The summed E-state index contributed by atoms with van der Waals surface area (Å²) < 4.78 is 33.0. The van der Waals surface area contributed by atoms with Crippen LogP contribution in [-0.2, 0) is 15.6 Å². The van der Waals surface area contributed by atoms with E-state index in [-0.39, 0.29) is 0 Å². The second-order valence-corrected chi connectivity index (χ2v) is 7.71. The van der Waals surface area contributed by atoms with Crippen LogP contribution >= 0.6 is 11.3 Å². The quantitative estimate of drug-likeness (QED) is 0.924. The number of thiophene rings is 1. The van der Waals surface area contributed by atoms with Crippen molar-refractivity contribution in [2.75, 3.05) is 7.11 Å². The predicted molar refractivity (Wildman–Crippen MR) is 78.5 cm³/mol. The second-order valence-electron chi connectivity index (χ2n) is 4.85. The van der Waals surface area contributed by atoms with E-state index in [0.717, 1.165) is 24.2 Å². The molecule has 1 aliphatic carbocycles. The molecule has 1 aromatic heterocycles. The second kappa shape index (κ2) is 4.87. The number of benzene rings is 1. The van der Waals surface area contributed by atoms with E-state index >= 15 is 0 Å². The molecule has 6 heteroatoms. The maximum atomic E-state index is 12.3. The summed E-state index contributed by atoms with van der Waals surface area (Å²) in [7, 11) is -1.83. The Labute approximate surface area is 122 Å². The van der Waals surface area contributed by atoms with E-state index in [9.17, 15) is 8.42 Å². The monoisotopic (exact) mass is 309 g/mol. The Hall–Kier alpha value is -1.37. The van der Waals surface area contributed by atoms with Crippen molar-refractivity contribution in [1.82, 2.24) is 4.72 Å². The van der Waals surface area contributed by atoms with Crippen LogP contribution in [-0.4, -0.2) is 15.5 Å². The average molecular weight is 309 g/mol. The highest BCUT2D eigenvalue weighted by Gasteiger charge is 2.47. The van der Waals surface area contributed by atoms with E-state index < -0.39 is 15.6 Å². The Kier molecular flexibility index (Phi) is 3.32. The van der Waals surface area contributed by atoms with E-state index in [1.807, 2.05) is 24.3 Å².